The third-order valence-corrected chi connectivity index (χ3v) is 3.08. The summed E-state index contributed by atoms with van der Waals surface area (Å²) < 4.78 is 5.22. The Morgan fingerprint density at radius 1 is 1.20 bits per heavy atom. The molecule has 0 atom stereocenters. The summed E-state index contributed by atoms with van der Waals surface area (Å²) in [5, 5.41) is 9.05. The van der Waals surface area contributed by atoms with Crippen LogP contribution < -0.4 is 9.64 Å². The lowest BCUT2D eigenvalue weighted by atomic mass is 10.2. The molecule has 1 aromatic carbocycles. The fourth-order valence-corrected chi connectivity index (χ4v) is 2.06. The lowest BCUT2D eigenvalue weighted by molar-refractivity contribution is 0.289. The van der Waals surface area contributed by atoms with E-state index in [9.17, 15) is 0 Å². The third kappa shape index (κ3) is 3.96. The largest absolute Gasteiger partial charge is 0.497 e. The number of anilines is 1. The molecule has 0 aliphatic carbocycles. The first kappa shape index (κ1) is 14.3. The second-order valence-electron chi connectivity index (χ2n) is 4.52. The number of aliphatic hydroxyl groups is 1. The number of para-hydroxylation sites is 1. The van der Waals surface area contributed by atoms with Crippen molar-refractivity contribution in [2.24, 2.45) is 0 Å². The summed E-state index contributed by atoms with van der Waals surface area (Å²) in [5.74, 6) is 0.810. The predicted molar refractivity (Wildman–Crippen MR) is 80.0 cm³/mol. The minimum atomic E-state index is 0.189. The molecular weight excluding hydrogens is 252 g/mol. The Labute approximate surface area is 119 Å². The van der Waals surface area contributed by atoms with E-state index in [2.05, 4.69) is 22.0 Å². The zero-order valence-electron chi connectivity index (χ0n) is 11.7. The zero-order chi connectivity index (χ0) is 14.2. The van der Waals surface area contributed by atoms with Crippen molar-refractivity contribution < 1.29 is 9.84 Å². The average Bonchev–Trinajstić information content (AvgIpc) is 2.52. The van der Waals surface area contributed by atoms with Crippen LogP contribution in [0.15, 0.2) is 48.7 Å². The molecule has 0 spiro atoms. The SMILES string of the molecule is COc1ccnc(CN(CCCO)c2ccccc2)c1. The molecule has 2 rings (SSSR count). The van der Waals surface area contributed by atoms with E-state index in [1.807, 2.05) is 30.3 Å². The number of nitrogens with zero attached hydrogens (tertiary/aromatic N) is 2. The van der Waals surface area contributed by atoms with Crippen LogP contribution in [0.5, 0.6) is 5.75 Å². The number of methoxy groups -OCH3 is 1. The van der Waals surface area contributed by atoms with E-state index >= 15 is 0 Å². The summed E-state index contributed by atoms with van der Waals surface area (Å²) >= 11 is 0. The minimum Gasteiger partial charge on any atom is -0.497 e. The van der Waals surface area contributed by atoms with Crippen LogP contribution in [0.3, 0.4) is 0 Å². The van der Waals surface area contributed by atoms with Crippen molar-refractivity contribution in [2.75, 3.05) is 25.2 Å². The van der Waals surface area contributed by atoms with Crippen LogP contribution in [0.1, 0.15) is 12.1 Å². The van der Waals surface area contributed by atoms with Gasteiger partial charge in [-0.05, 0) is 24.6 Å². The van der Waals surface area contributed by atoms with E-state index in [0.717, 1.165) is 30.1 Å². The van der Waals surface area contributed by atoms with Crippen molar-refractivity contribution in [3.05, 3.63) is 54.4 Å². The number of hydrogen-bond donors (Lipinski definition) is 1. The maximum atomic E-state index is 9.05. The smallest absolute Gasteiger partial charge is 0.122 e. The normalized spacial score (nSPS) is 10.3. The summed E-state index contributed by atoms with van der Waals surface area (Å²) in [7, 11) is 1.65. The van der Waals surface area contributed by atoms with Crippen molar-refractivity contribution >= 4 is 5.69 Å². The van der Waals surface area contributed by atoms with E-state index < -0.39 is 0 Å². The Kier molecular flexibility index (Phi) is 5.38. The Bertz CT molecular complexity index is 517. The number of aromatic nitrogens is 1. The molecule has 1 N–H and O–H groups in total. The summed E-state index contributed by atoms with van der Waals surface area (Å²) in [5.41, 5.74) is 2.08. The van der Waals surface area contributed by atoms with Crippen LogP contribution in [0.4, 0.5) is 5.69 Å². The van der Waals surface area contributed by atoms with E-state index in [4.69, 9.17) is 9.84 Å². The zero-order valence-corrected chi connectivity index (χ0v) is 11.7. The number of aliphatic hydroxyl groups excluding tert-OH is 1. The molecule has 0 saturated carbocycles. The second-order valence-corrected chi connectivity index (χ2v) is 4.52. The highest BCUT2D eigenvalue weighted by molar-refractivity contribution is 5.46. The first-order valence-electron chi connectivity index (χ1n) is 6.73. The lowest BCUT2D eigenvalue weighted by Crippen LogP contribution is -2.25. The van der Waals surface area contributed by atoms with E-state index in [0.29, 0.717) is 6.54 Å². The Balaban J connectivity index is 2.14. The van der Waals surface area contributed by atoms with Gasteiger partial charge in [0.15, 0.2) is 0 Å². The first-order chi connectivity index (χ1) is 9.83. The van der Waals surface area contributed by atoms with Crippen LogP contribution in [0.25, 0.3) is 0 Å². The average molecular weight is 272 g/mol. The van der Waals surface area contributed by atoms with E-state index in [-0.39, 0.29) is 6.61 Å². The summed E-state index contributed by atoms with van der Waals surface area (Å²) in [4.78, 5) is 6.58. The predicted octanol–water partition coefficient (Wildman–Crippen LogP) is 2.48. The number of ether oxygens (including phenoxy) is 1. The topological polar surface area (TPSA) is 45.6 Å². The van der Waals surface area contributed by atoms with Gasteiger partial charge in [0.1, 0.15) is 5.75 Å². The molecular formula is C16H20N2O2. The van der Waals surface area contributed by atoms with Gasteiger partial charge in [0.2, 0.25) is 0 Å². The number of hydrogen-bond acceptors (Lipinski definition) is 4. The van der Waals surface area contributed by atoms with Gasteiger partial charge in [-0.25, -0.2) is 0 Å². The molecule has 1 aromatic heterocycles. The molecule has 4 nitrogen and oxygen atoms in total. The fourth-order valence-electron chi connectivity index (χ4n) is 2.06. The summed E-state index contributed by atoms with van der Waals surface area (Å²) in [6.45, 7) is 1.68. The van der Waals surface area contributed by atoms with E-state index in [1.54, 1.807) is 13.3 Å². The van der Waals surface area contributed by atoms with Crippen molar-refractivity contribution in [3.8, 4) is 5.75 Å². The van der Waals surface area contributed by atoms with Crippen molar-refractivity contribution in [1.82, 2.24) is 4.98 Å². The number of benzene rings is 1. The maximum Gasteiger partial charge on any atom is 0.122 e. The van der Waals surface area contributed by atoms with Gasteiger partial charge in [0, 0.05) is 31.1 Å². The molecule has 0 unspecified atom stereocenters. The van der Waals surface area contributed by atoms with Gasteiger partial charge < -0.3 is 14.7 Å². The molecule has 0 amide bonds. The molecule has 0 fully saturated rings. The highest BCUT2D eigenvalue weighted by Crippen LogP contribution is 2.18. The molecule has 0 aliphatic heterocycles. The molecule has 0 aliphatic rings. The van der Waals surface area contributed by atoms with Gasteiger partial charge in [-0.3, -0.25) is 4.98 Å². The van der Waals surface area contributed by atoms with Crippen LogP contribution in [-0.2, 0) is 6.54 Å². The fraction of sp³-hybridized carbons (Fsp3) is 0.312. The van der Waals surface area contributed by atoms with Gasteiger partial charge in [0.25, 0.3) is 0 Å². The van der Waals surface area contributed by atoms with Crippen LogP contribution in [0.2, 0.25) is 0 Å². The molecule has 1 heterocycles. The Hall–Kier alpha value is -2.07. The van der Waals surface area contributed by atoms with Gasteiger partial charge in [-0.2, -0.15) is 0 Å². The van der Waals surface area contributed by atoms with Crippen molar-refractivity contribution in [2.45, 2.75) is 13.0 Å². The molecule has 0 radical (unpaired) electrons. The highest BCUT2D eigenvalue weighted by atomic mass is 16.5. The number of pyridine rings is 1. The van der Waals surface area contributed by atoms with Crippen LogP contribution >= 0.6 is 0 Å². The maximum absolute atomic E-state index is 9.05. The molecule has 0 bridgehead atoms. The quantitative estimate of drug-likeness (QED) is 0.841. The van der Waals surface area contributed by atoms with Crippen molar-refractivity contribution in [1.29, 1.82) is 0 Å². The Morgan fingerprint density at radius 3 is 2.70 bits per heavy atom. The van der Waals surface area contributed by atoms with Gasteiger partial charge in [-0.15, -0.1) is 0 Å². The van der Waals surface area contributed by atoms with Crippen LogP contribution in [0, 0.1) is 0 Å². The van der Waals surface area contributed by atoms with E-state index in [1.165, 1.54) is 0 Å². The Morgan fingerprint density at radius 2 is 2.00 bits per heavy atom. The third-order valence-electron chi connectivity index (χ3n) is 3.08. The lowest BCUT2D eigenvalue weighted by Gasteiger charge is -2.24. The summed E-state index contributed by atoms with van der Waals surface area (Å²) in [6.07, 6.45) is 2.49. The second kappa shape index (κ2) is 7.50. The van der Waals surface area contributed by atoms with Gasteiger partial charge in [-0.1, -0.05) is 18.2 Å². The molecule has 20 heavy (non-hydrogen) atoms. The minimum absolute atomic E-state index is 0.189. The summed E-state index contributed by atoms with van der Waals surface area (Å²) in [6, 6.07) is 13.9. The molecule has 0 saturated heterocycles. The molecule has 106 valence electrons. The van der Waals surface area contributed by atoms with Crippen LogP contribution in [-0.4, -0.2) is 30.4 Å². The van der Waals surface area contributed by atoms with Gasteiger partial charge in [0.05, 0.1) is 19.3 Å². The molecule has 2 aromatic rings. The monoisotopic (exact) mass is 272 g/mol. The number of rotatable bonds is 7. The first-order valence-corrected chi connectivity index (χ1v) is 6.73. The van der Waals surface area contributed by atoms with Gasteiger partial charge >= 0.3 is 0 Å². The molecule has 4 heteroatoms. The van der Waals surface area contributed by atoms with Crippen molar-refractivity contribution in [3.63, 3.8) is 0 Å². The standard InChI is InChI=1S/C16H20N2O2/c1-20-16-8-9-17-14(12-16)13-18(10-5-11-19)15-6-3-2-4-7-15/h2-4,6-9,12,19H,5,10-11,13H2,1H3. The highest BCUT2D eigenvalue weighted by Gasteiger charge is 2.08.